The van der Waals surface area contributed by atoms with E-state index in [0.29, 0.717) is 0 Å². The molecule has 0 bridgehead atoms. The lowest BCUT2D eigenvalue weighted by Gasteiger charge is -2.06. The molecule has 1 heterocycles. The van der Waals surface area contributed by atoms with Crippen molar-refractivity contribution in [2.75, 3.05) is 11.9 Å². The first-order chi connectivity index (χ1) is 10.5. The number of H-pyrrole nitrogens is 1. The molecule has 10 heteroatoms. The Balaban J connectivity index is 2.06. The van der Waals surface area contributed by atoms with E-state index in [0.717, 1.165) is 0 Å². The topological polar surface area (TPSA) is 141 Å². The first kappa shape index (κ1) is 15.6. The standard InChI is InChI=1S/C12H12N6O3S/c13-6-1-7-16-22(20,21)10-4-2-9(3-5-10)11(19)17-12-14-8-15-18-12/h2-5,8,16H,1,7H2,(H2,14,15,17,18,19). The fourth-order valence-corrected chi connectivity index (χ4v) is 2.59. The Hall–Kier alpha value is -2.77. The number of nitriles is 1. The van der Waals surface area contributed by atoms with Crippen LogP contribution in [0.15, 0.2) is 35.5 Å². The minimum Gasteiger partial charge on any atom is -0.291 e. The zero-order chi connectivity index (χ0) is 16.0. The second-order valence-corrected chi connectivity index (χ2v) is 5.89. The summed E-state index contributed by atoms with van der Waals surface area (Å²) in [7, 11) is -3.69. The third kappa shape index (κ3) is 3.87. The van der Waals surface area contributed by atoms with Crippen molar-refractivity contribution in [3.63, 3.8) is 0 Å². The molecular formula is C12H12N6O3S. The van der Waals surface area contributed by atoms with Gasteiger partial charge in [-0.15, -0.1) is 0 Å². The van der Waals surface area contributed by atoms with Gasteiger partial charge in [-0.2, -0.15) is 15.3 Å². The Morgan fingerprint density at radius 3 is 2.64 bits per heavy atom. The maximum Gasteiger partial charge on any atom is 0.258 e. The van der Waals surface area contributed by atoms with E-state index in [4.69, 9.17) is 5.26 Å². The second-order valence-electron chi connectivity index (χ2n) is 4.12. The fraction of sp³-hybridized carbons (Fsp3) is 0.167. The highest BCUT2D eigenvalue weighted by molar-refractivity contribution is 7.89. The van der Waals surface area contributed by atoms with Crippen molar-refractivity contribution in [1.82, 2.24) is 19.9 Å². The lowest BCUT2D eigenvalue weighted by atomic mass is 10.2. The third-order valence-electron chi connectivity index (χ3n) is 2.60. The van der Waals surface area contributed by atoms with Crippen LogP contribution < -0.4 is 10.0 Å². The lowest BCUT2D eigenvalue weighted by molar-refractivity contribution is 0.102. The summed E-state index contributed by atoms with van der Waals surface area (Å²) in [6.45, 7) is 0.0343. The number of benzene rings is 1. The van der Waals surface area contributed by atoms with Crippen molar-refractivity contribution in [2.24, 2.45) is 0 Å². The van der Waals surface area contributed by atoms with Crippen LogP contribution in [0.4, 0.5) is 5.95 Å². The van der Waals surface area contributed by atoms with Crippen LogP contribution in [0.2, 0.25) is 0 Å². The number of hydrogen-bond acceptors (Lipinski definition) is 6. The van der Waals surface area contributed by atoms with E-state index in [1.54, 1.807) is 0 Å². The molecule has 22 heavy (non-hydrogen) atoms. The van der Waals surface area contributed by atoms with Crippen LogP contribution in [-0.2, 0) is 10.0 Å². The Bertz CT molecular complexity index is 777. The van der Waals surface area contributed by atoms with Crippen molar-refractivity contribution < 1.29 is 13.2 Å². The molecule has 0 aliphatic carbocycles. The van der Waals surface area contributed by atoms with E-state index >= 15 is 0 Å². The fourth-order valence-electron chi connectivity index (χ4n) is 1.56. The van der Waals surface area contributed by atoms with Crippen LogP contribution in [0.1, 0.15) is 16.8 Å². The summed E-state index contributed by atoms with van der Waals surface area (Å²) >= 11 is 0. The van der Waals surface area contributed by atoms with Gasteiger partial charge in [-0.25, -0.2) is 18.2 Å². The van der Waals surface area contributed by atoms with Gasteiger partial charge >= 0.3 is 0 Å². The molecular weight excluding hydrogens is 308 g/mol. The van der Waals surface area contributed by atoms with Crippen molar-refractivity contribution in [3.8, 4) is 6.07 Å². The van der Waals surface area contributed by atoms with Gasteiger partial charge in [0.15, 0.2) is 0 Å². The Morgan fingerprint density at radius 1 is 1.32 bits per heavy atom. The van der Waals surface area contributed by atoms with E-state index in [1.807, 2.05) is 6.07 Å². The van der Waals surface area contributed by atoms with E-state index in [2.05, 4.69) is 25.2 Å². The molecule has 0 atom stereocenters. The molecule has 0 fully saturated rings. The van der Waals surface area contributed by atoms with Crippen LogP contribution in [0.25, 0.3) is 0 Å². The Morgan fingerprint density at radius 2 is 2.05 bits per heavy atom. The molecule has 0 unspecified atom stereocenters. The predicted molar refractivity (Wildman–Crippen MR) is 76.2 cm³/mol. The molecule has 0 saturated carbocycles. The average molecular weight is 320 g/mol. The molecule has 9 nitrogen and oxygen atoms in total. The lowest BCUT2D eigenvalue weighted by Crippen LogP contribution is -2.24. The number of rotatable bonds is 6. The van der Waals surface area contributed by atoms with E-state index < -0.39 is 15.9 Å². The molecule has 0 spiro atoms. The van der Waals surface area contributed by atoms with Crippen molar-refractivity contribution >= 4 is 21.9 Å². The number of carbonyl (C=O) groups is 1. The van der Waals surface area contributed by atoms with Crippen molar-refractivity contribution in [1.29, 1.82) is 5.26 Å². The quantitative estimate of drug-likeness (QED) is 0.651. The van der Waals surface area contributed by atoms with Gasteiger partial charge in [0.25, 0.3) is 5.91 Å². The summed E-state index contributed by atoms with van der Waals surface area (Å²) in [5.74, 6) is -0.252. The summed E-state index contributed by atoms with van der Waals surface area (Å²) in [5.41, 5.74) is 0.271. The minimum atomic E-state index is -3.69. The number of amides is 1. The number of aromatic nitrogens is 3. The van der Waals surface area contributed by atoms with Crippen LogP contribution in [-0.4, -0.2) is 36.1 Å². The molecule has 2 aromatic rings. The van der Waals surface area contributed by atoms with Gasteiger partial charge in [-0.3, -0.25) is 10.1 Å². The molecule has 1 amide bonds. The molecule has 0 radical (unpaired) electrons. The average Bonchev–Trinajstić information content (AvgIpc) is 3.00. The molecule has 0 aliphatic rings. The molecule has 3 N–H and O–H groups in total. The number of hydrogen-bond donors (Lipinski definition) is 3. The zero-order valence-corrected chi connectivity index (χ0v) is 12.1. The normalized spacial score (nSPS) is 10.9. The number of sulfonamides is 1. The maximum absolute atomic E-state index is 11.9. The first-order valence-electron chi connectivity index (χ1n) is 6.16. The number of nitrogens with zero attached hydrogens (tertiary/aromatic N) is 3. The summed E-state index contributed by atoms with van der Waals surface area (Å²) in [5, 5.41) is 16.9. The smallest absolute Gasteiger partial charge is 0.258 e. The van der Waals surface area contributed by atoms with Crippen molar-refractivity contribution in [2.45, 2.75) is 11.3 Å². The van der Waals surface area contributed by atoms with Crippen molar-refractivity contribution in [3.05, 3.63) is 36.2 Å². The summed E-state index contributed by atoms with van der Waals surface area (Å²) in [6, 6.07) is 7.22. The van der Waals surface area contributed by atoms with Gasteiger partial charge in [0.05, 0.1) is 11.0 Å². The summed E-state index contributed by atoms with van der Waals surface area (Å²) < 4.78 is 26.1. The highest BCUT2D eigenvalue weighted by atomic mass is 32.2. The molecule has 114 valence electrons. The van der Waals surface area contributed by atoms with Crippen LogP contribution in [0.3, 0.4) is 0 Å². The monoisotopic (exact) mass is 320 g/mol. The third-order valence-corrected chi connectivity index (χ3v) is 4.08. The van der Waals surface area contributed by atoms with Gasteiger partial charge in [-0.05, 0) is 24.3 Å². The van der Waals surface area contributed by atoms with Gasteiger partial charge in [0.2, 0.25) is 16.0 Å². The number of carbonyl (C=O) groups excluding carboxylic acids is 1. The SMILES string of the molecule is N#CCCNS(=O)(=O)c1ccc(C(=O)Nc2ncn[nH]2)cc1. The van der Waals surface area contributed by atoms with Gasteiger partial charge < -0.3 is 0 Å². The van der Waals surface area contributed by atoms with E-state index in [-0.39, 0.29) is 29.4 Å². The summed E-state index contributed by atoms with van der Waals surface area (Å²) in [6.07, 6.45) is 1.33. The van der Waals surface area contributed by atoms with E-state index in [1.165, 1.54) is 30.6 Å². The molecule has 0 saturated heterocycles. The van der Waals surface area contributed by atoms with Crippen LogP contribution in [0, 0.1) is 11.3 Å². The molecule has 2 rings (SSSR count). The number of anilines is 1. The van der Waals surface area contributed by atoms with Gasteiger partial charge in [0.1, 0.15) is 6.33 Å². The van der Waals surface area contributed by atoms with E-state index in [9.17, 15) is 13.2 Å². The minimum absolute atomic E-state index is 0.0154. The van der Waals surface area contributed by atoms with Crippen LogP contribution >= 0.6 is 0 Å². The van der Waals surface area contributed by atoms with Crippen LogP contribution in [0.5, 0.6) is 0 Å². The second kappa shape index (κ2) is 6.79. The molecule has 1 aromatic carbocycles. The maximum atomic E-state index is 11.9. The largest absolute Gasteiger partial charge is 0.291 e. The van der Waals surface area contributed by atoms with Gasteiger partial charge in [0, 0.05) is 18.5 Å². The number of nitrogens with one attached hydrogen (secondary N) is 3. The molecule has 0 aliphatic heterocycles. The highest BCUT2D eigenvalue weighted by Crippen LogP contribution is 2.11. The first-order valence-corrected chi connectivity index (χ1v) is 7.64. The summed E-state index contributed by atoms with van der Waals surface area (Å²) in [4.78, 5) is 15.6. The Labute approximate surface area is 126 Å². The zero-order valence-electron chi connectivity index (χ0n) is 11.3. The van der Waals surface area contributed by atoms with Gasteiger partial charge in [-0.1, -0.05) is 0 Å². The predicted octanol–water partition coefficient (Wildman–Crippen LogP) is 0.249. The number of aromatic amines is 1. The molecule has 1 aromatic heterocycles. The Kier molecular flexibility index (Phi) is 4.82. The highest BCUT2D eigenvalue weighted by Gasteiger charge is 2.14.